The number of carbonyl (C=O) groups is 1. The van der Waals surface area contributed by atoms with Gasteiger partial charge in [0.1, 0.15) is 0 Å². The molecule has 1 aromatic carbocycles. The number of carbonyl (C=O) groups excluding carboxylic acids is 1. The van der Waals surface area contributed by atoms with Gasteiger partial charge in [-0.25, -0.2) is 0 Å². The monoisotopic (exact) mass is 261 g/mol. The molecular formula is C16H23NO2. The van der Waals surface area contributed by atoms with E-state index in [1.165, 1.54) is 12.8 Å². The largest absolute Gasteiger partial charge is 0.395 e. The van der Waals surface area contributed by atoms with Crippen LogP contribution >= 0.6 is 0 Å². The number of aryl methyl sites for hydroxylation is 1. The third kappa shape index (κ3) is 3.64. The minimum absolute atomic E-state index is 0.123. The summed E-state index contributed by atoms with van der Waals surface area (Å²) in [6.45, 7) is 3.12. The van der Waals surface area contributed by atoms with Gasteiger partial charge < -0.3 is 5.11 Å². The quantitative estimate of drug-likeness (QED) is 0.799. The molecule has 0 saturated heterocycles. The van der Waals surface area contributed by atoms with Gasteiger partial charge >= 0.3 is 0 Å². The second-order valence-electron chi connectivity index (χ2n) is 5.37. The molecule has 0 unspecified atom stereocenters. The Morgan fingerprint density at radius 2 is 2.00 bits per heavy atom. The lowest BCUT2D eigenvalue weighted by atomic mass is 10.0. The van der Waals surface area contributed by atoms with Gasteiger partial charge in [-0.2, -0.15) is 0 Å². The van der Waals surface area contributed by atoms with E-state index in [0.29, 0.717) is 19.1 Å². The van der Waals surface area contributed by atoms with Gasteiger partial charge in [0.25, 0.3) is 0 Å². The number of benzene rings is 1. The van der Waals surface area contributed by atoms with Crippen molar-refractivity contribution in [2.24, 2.45) is 0 Å². The van der Waals surface area contributed by atoms with E-state index in [0.717, 1.165) is 24.0 Å². The summed E-state index contributed by atoms with van der Waals surface area (Å²) in [6.07, 6.45) is 4.79. The maximum Gasteiger partial charge on any atom is 0.177 e. The van der Waals surface area contributed by atoms with Gasteiger partial charge in [0.05, 0.1) is 13.2 Å². The minimum atomic E-state index is 0.123. The number of ketones is 1. The Morgan fingerprint density at radius 1 is 1.32 bits per heavy atom. The van der Waals surface area contributed by atoms with Gasteiger partial charge in [0, 0.05) is 18.2 Å². The van der Waals surface area contributed by atoms with Crippen molar-refractivity contribution in [3.8, 4) is 0 Å². The van der Waals surface area contributed by atoms with E-state index in [9.17, 15) is 9.90 Å². The smallest absolute Gasteiger partial charge is 0.177 e. The predicted octanol–water partition coefficient (Wildman–Crippen LogP) is 2.41. The Bertz CT molecular complexity index is 425. The highest BCUT2D eigenvalue weighted by Gasteiger charge is 2.24. The van der Waals surface area contributed by atoms with Crippen molar-refractivity contribution in [2.75, 3.05) is 19.7 Å². The van der Waals surface area contributed by atoms with E-state index >= 15 is 0 Å². The summed E-state index contributed by atoms with van der Waals surface area (Å²) in [4.78, 5) is 14.5. The molecule has 0 atom stereocenters. The van der Waals surface area contributed by atoms with E-state index in [-0.39, 0.29) is 12.4 Å². The molecule has 0 spiro atoms. The van der Waals surface area contributed by atoms with E-state index < -0.39 is 0 Å². The number of hydrogen-bond acceptors (Lipinski definition) is 3. The molecule has 19 heavy (non-hydrogen) atoms. The highest BCUT2D eigenvalue weighted by atomic mass is 16.3. The van der Waals surface area contributed by atoms with Gasteiger partial charge in [0.15, 0.2) is 5.78 Å². The third-order valence-corrected chi connectivity index (χ3v) is 4.02. The van der Waals surface area contributed by atoms with Crippen molar-refractivity contribution in [2.45, 2.75) is 38.6 Å². The Balaban J connectivity index is 2.04. The number of aliphatic hydroxyl groups excluding tert-OH is 1. The molecule has 0 bridgehead atoms. The topological polar surface area (TPSA) is 40.5 Å². The summed E-state index contributed by atoms with van der Waals surface area (Å²) in [6, 6.07) is 8.20. The molecule has 3 nitrogen and oxygen atoms in total. The zero-order valence-electron chi connectivity index (χ0n) is 11.6. The van der Waals surface area contributed by atoms with Crippen LogP contribution in [0.4, 0.5) is 0 Å². The Morgan fingerprint density at radius 3 is 2.63 bits per heavy atom. The van der Waals surface area contributed by atoms with Crippen LogP contribution in [0.25, 0.3) is 0 Å². The molecule has 0 aliphatic heterocycles. The van der Waals surface area contributed by atoms with Crippen LogP contribution in [0.1, 0.15) is 41.6 Å². The fourth-order valence-electron chi connectivity index (χ4n) is 2.94. The van der Waals surface area contributed by atoms with E-state index in [1.54, 1.807) is 0 Å². The fourth-order valence-corrected chi connectivity index (χ4v) is 2.94. The van der Waals surface area contributed by atoms with Crippen LogP contribution in [0.5, 0.6) is 0 Å². The number of Topliss-reactive ketones (excluding diaryl/α,β-unsaturated/α-hetero) is 1. The molecule has 3 heteroatoms. The highest BCUT2D eigenvalue weighted by Crippen LogP contribution is 2.23. The Hall–Kier alpha value is -1.19. The van der Waals surface area contributed by atoms with E-state index in [1.807, 2.05) is 31.2 Å². The highest BCUT2D eigenvalue weighted by molar-refractivity contribution is 5.98. The molecule has 2 rings (SSSR count). The van der Waals surface area contributed by atoms with Gasteiger partial charge in [-0.15, -0.1) is 0 Å². The van der Waals surface area contributed by atoms with Crippen molar-refractivity contribution in [3.05, 3.63) is 35.4 Å². The molecule has 0 aromatic heterocycles. The molecule has 104 valence electrons. The number of rotatable bonds is 6. The molecule has 1 saturated carbocycles. The molecule has 1 N–H and O–H groups in total. The lowest BCUT2D eigenvalue weighted by Gasteiger charge is -2.27. The molecule has 0 heterocycles. The van der Waals surface area contributed by atoms with Gasteiger partial charge in [0.2, 0.25) is 0 Å². The first kappa shape index (κ1) is 14.2. The first-order chi connectivity index (χ1) is 9.22. The summed E-state index contributed by atoms with van der Waals surface area (Å²) in [7, 11) is 0. The third-order valence-electron chi connectivity index (χ3n) is 4.02. The average molecular weight is 261 g/mol. The van der Waals surface area contributed by atoms with Crippen LogP contribution in [-0.2, 0) is 0 Å². The Labute approximate surface area is 115 Å². The summed E-state index contributed by atoms with van der Waals surface area (Å²) in [5.74, 6) is 0.165. The number of nitrogens with zero attached hydrogens (tertiary/aromatic N) is 1. The zero-order valence-corrected chi connectivity index (χ0v) is 11.6. The van der Waals surface area contributed by atoms with Crippen LogP contribution < -0.4 is 0 Å². The molecular weight excluding hydrogens is 238 g/mol. The SMILES string of the molecule is Cc1ccccc1C(=O)CN(CCO)C1CCCC1. The summed E-state index contributed by atoms with van der Waals surface area (Å²) >= 11 is 0. The lowest BCUT2D eigenvalue weighted by Crippen LogP contribution is -2.39. The average Bonchev–Trinajstić information content (AvgIpc) is 2.92. The normalized spacial score (nSPS) is 16.2. The van der Waals surface area contributed by atoms with Crippen LogP contribution in [0.15, 0.2) is 24.3 Å². The van der Waals surface area contributed by atoms with Gasteiger partial charge in [-0.3, -0.25) is 9.69 Å². The van der Waals surface area contributed by atoms with Crippen LogP contribution in [0.2, 0.25) is 0 Å². The maximum absolute atomic E-state index is 12.4. The molecule has 1 aliphatic carbocycles. The molecule has 1 aromatic rings. The predicted molar refractivity (Wildman–Crippen MR) is 76.4 cm³/mol. The summed E-state index contributed by atoms with van der Waals surface area (Å²) < 4.78 is 0. The maximum atomic E-state index is 12.4. The minimum Gasteiger partial charge on any atom is -0.395 e. The molecule has 0 radical (unpaired) electrons. The van der Waals surface area contributed by atoms with Gasteiger partial charge in [-0.1, -0.05) is 37.1 Å². The van der Waals surface area contributed by atoms with Gasteiger partial charge in [-0.05, 0) is 25.3 Å². The van der Waals surface area contributed by atoms with Crippen LogP contribution in [0, 0.1) is 6.92 Å². The van der Waals surface area contributed by atoms with Crippen molar-refractivity contribution >= 4 is 5.78 Å². The first-order valence-electron chi connectivity index (χ1n) is 7.16. The first-order valence-corrected chi connectivity index (χ1v) is 7.16. The molecule has 0 amide bonds. The second-order valence-corrected chi connectivity index (χ2v) is 5.37. The second kappa shape index (κ2) is 6.83. The van der Waals surface area contributed by atoms with Crippen LogP contribution in [-0.4, -0.2) is 41.5 Å². The Kier molecular flexibility index (Phi) is 5.11. The van der Waals surface area contributed by atoms with Crippen molar-refractivity contribution in [1.82, 2.24) is 4.90 Å². The molecule has 1 fully saturated rings. The van der Waals surface area contributed by atoms with Crippen molar-refractivity contribution < 1.29 is 9.90 Å². The molecule has 1 aliphatic rings. The van der Waals surface area contributed by atoms with E-state index in [2.05, 4.69) is 4.90 Å². The standard InChI is InChI=1S/C16H23NO2/c1-13-6-2-5-9-15(13)16(19)12-17(10-11-18)14-7-3-4-8-14/h2,5-6,9,14,18H,3-4,7-8,10-12H2,1H3. The fraction of sp³-hybridized carbons (Fsp3) is 0.562. The van der Waals surface area contributed by atoms with Crippen molar-refractivity contribution in [1.29, 1.82) is 0 Å². The lowest BCUT2D eigenvalue weighted by molar-refractivity contribution is 0.0862. The number of hydrogen-bond donors (Lipinski definition) is 1. The van der Waals surface area contributed by atoms with Crippen molar-refractivity contribution in [3.63, 3.8) is 0 Å². The van der Waals surface area contributed by atoms with Crippen LogP contribution in [0.3, 0.4) is 0 Å². The van der Waals surface area contributed by atoms with E-state index in [4.69, 9.17) is 0 Å². The summed E-state index contributed by atoms with van der Waals surface area (Å²) in [5.41, 5.74) is 1.84. The zero-order chi connectivity index (χ0) is 13.7. The number of aliphatic hydroxyl groups is 1. The summed E-state index contributed by atoms with van der Waals surface area (Å²) in [5, 5.41) is 9.18.